The molecule has 1 aromatic rings. The van der Waals surface area contributed by atoms with E-state index in [0.29, 0.717) is 26.2 Å². The highest BCUT2D eigenvalue weighted by Crippen LogP contribution is 2.25. The highest BCUT2D eigenvalue weighted by molar-refractivity contribution is 6.04. The van der Waals surface area contributed by atoms with E-state index in [1.54, 1.807) is 0 Å². The van der Waals surface area contributed by atoms with E-state index in [1.807, 2.05) is 30.3 Å². The molecule has 1 N–H and O–H groups in total. The van der Waals surface area contributed by atoms with Crippen LogP contribution in [-0.4, -0.2) is 37.5 Å². The lowest BCUT2D eigenvalue weighted by Gasteiger charge is -2.38. The molecule has 1 saturated heterocycles. The zero-order valence-corrected chi connectivity index (χ0v) is 11.5. The van der Waals surface area contributed by atoms with Crippen LogP contribution in [0.2, 0.25) is 0 Å². The van der Waals surface area contributed by atoms with Gasteiger partial charge in [0.1, 0.15) is 0 Å². The van der Waals surface area contributed by atoms with Crippen molar-refractivity contribution in [2.75, 3.05) is 19.8 Å². The predicted molar refractivity (Wildman–Crippen MR) is 74.4 cm³/mol. The predicted octanol–water partition coefficient (Wildman–Crippen LogP) is 1.33. The third-order valence-corrected chi connectivity index (χ3v) is 3.66. The molecule has 1 aromatic carbocycles. The van der Waals surface area contributed by atoms with E-state index in [0.717, 1.165) is 11.3 Å². The van der Waals surface area contributed by atoms with Crippen molar-refractivity contribution in [2.24, 2.45) is 10.6 Å². The Labute approximate surface area is 117 Å². The van der Waals surface area contributed by atoms with E-state index in [4.69, 9.17) is 9.57 Å². The van der Waals surface area contributed by atoms with Gasteiger partial charge >= 0.3 is 0 Å². The maximum absolute atomic E-state index is 12.1. The van der Waals surface area contributed by atoms with E-state index < -0.39 is 6.10 Å². The van der Waals surface area contributed by atoms with Gasteiger partial charge in [0, 0.05) is 18.4 Å². The fourth-order valence-electron chi connectivity index (χ4n) is 2.29. The van der Waals surface area contributed by atoms with Crippen molar-refractivity contribution >= 4 is 11.6 Å². The Hall–Kier alpha value is -1.88. The fraction of sp³-hybridized carbons (Fsp3) is 0.467. The lowest BCUT2D eigenvalue weighted by Crippen LogP contribution is -2.50. The first-order chi connectivity index (χ1) is 9.66. The smallest absolute Gasteiger partial charge is 0.264 e. The quantitative estimate of drug-likeness (QED) is 0.901. The first-order valence-electron chi connectivity index (χ1n) is 6.80. The maximum Gasteiger partial charge on any atom is 0.264 e. The monoisotopic (exact) mass is 274 g/mol. The van der Waals surface area contributed by atoms with Crippen LogP contribution in [0.5, 0.6) is 0 Å². The lowest BCUT2D eigenvalue weighted by atomic mass is 9.88. The minimum Gasteiger partial charge on any atom is -0.382 e. The molecule has 1 fully saturated rings. The van der Waals surface area contributed by atoms with Crippen LogP contribution in [0.15, 0.2) is 35.5 Å². The summed E-state index contributed by atoms with van der Waals surface area (Å²) in [6.45, 7) is 4.11. The van der Waals surface area contributed by atoms with E-state index >= 15 is 0 Å². The van der Waals surface area contributed by atoms with Crippen molar-refractivity contribution in [2.45, 2.75) is 19.4 Å². The van der Waals surface area contributed by atoms with Gasteiger partial charge in [-0.05, 0) is 5.56 Å². The largest absolute Gasteiger partial charge is 0.382 e. The minimum absolute atomic E-state index is 0.0668. The van der Waals surface area contributed by atoms with Crippen LogP contribution < -0.4 is 5.32 Å². The Morgan fingerprint density at radius 2 is 2.15 bits per heavy atom. The third kappa shape index (κ3) is 2.67. The number of rotatable bonds is 4. The molecule has 0 aliphatic carbocycles. The molecule has 2 aliphatic heterocycles. The van der Waals surface area contributed by atoms with Gasteiger partial charge < -0.3 is 14.9 Å². The van der Waals surface area contributed by atoms with Crippen LogP contribution in [0.3, 0.4) is 0 Å². The number of hydrogen-bond donors (Lipinski definition) is 1. The number of benzene rings is 1. The van der Waals surface area contributed by atoms with Gasteiger partial charge in [0.15, 0.2) is 0 Å². The Morgan fingerprint density at radius 1 is 1.40 bits per heavy atom. The summed E-state index contributed by atoms with van der Waals surface area (Å²) >= 11 is 0. The van der Waals surface area contributed by atoms with Crippen molar-refractivity contribution in [3.05, 3.63) is 35.9 Å². The first kappa shape index (κ1) is 13.1. The van der Waals surface area contributed by atoms with E-state index in [2.05, 4.69) is 17.4 Å². The second kappa shape index (κ2) is 5.25. The number of carbonyl (C=O) groups excluding carboxylic acids is 1. The Balaban J connectivity index is 1.52. The zero-order chi connectivity index (χ0) is 14.0. The van der Waals surface area contributed by atoms with Gasteiger partial charge in [-0.1, -0.05) is 42.4 Å². The van der Waals surface area contributed by atoms with Crippen LogP contribution in [0.4, 0.5) is 0 Å². The lowest BCUT2D eigenvalue weighted by molar-refractivity contribution is -0.135. The molecule has 2 heterocycles. The summed E-state index contributed by atoms with van der Waals surface area (Å²) < 4.78 is 5.17. The van der Waals surface area contributed by atoms with Crippen molar-refractivity contribution < 1.29 is 14.4 Å². The third-order valence-electron chi connectivity index (χ3n) is 3.66. The molecule has 0 saturated carbocycles. The molecule has 5 heteroatoms. The number of nitrogens with zero attached hydrogens (tertiary/aromatic N) is 1. The Morgan fingerprint density at radius 3 is 2.80 bits per heavy atom. The summed E-state index contributed by atoms with van der Waals surface area (Å²) in [4.78, 5) is 17.3. The molecule has 106 valence electrons. The molecule has 1 unspecified atom stereocenters. The summed E-state index contributed by atoms with van der Waals surface area (Å²) in [6.07, 6.45) is -0.00178. The van der Waals surface area contributed by atoms with Gasteiger partial charge in [0.05, 0.1) is 18.9 Å². The van der Waals surface area contributed by atoms with Crippen molar-refractivity contribution in [3.63, 3.8) is 0 Å². The van der Waals surface area contributed by atoms with Crippen LogP contribution in [-0.2, 0) is 14.4 Å². The standard InChI is InChI=1S/C15H18N2O3/c1-15(9-19-10-15)8-16-14(18)13-7-12(17-20-13)11-5-3-2-4-6-11/h2-6,13H,7-10H2,1H3,(H,16,18). The van der Waals surface area contributed by atoms with Gasteiger partial charge in [0.25, 0.3) is 5.91 Å². The fourth-order valence-corrected chi connectivity index (χ4v) is 2.29. The SMILES string of the molecule is CC1(CNC(=O)C2CC(c3ccccc3)=NO2)COC1. The average molecular weight is 274 g/mol. The summed E-state index contributed by atoms with van der Waals surface area (Å²) in [5, 5.41) is 6.94. The summed E-state index contributed by atoms with van der Waals surface area (Å²) in [5.74, 6) is -0.104. The van der Waals surface area contributed by atoms with Crippen molar-refractivity contribution in [3.8, 4) is 0 Å². The molecule has 3 rings (SSSR count). The van der Waals surface area contributed by atoms with E-state index in [-0.39, 0.29) is 11.3 Å². The first-order valence-corrected chi connectivity index (χ1v) is 6.80. The maximum atomic E-state index is 12.1. The average Bonchev–Trinajstić information content (AvgIpc) is 2.93. The summed E-state index contributed by atoms with van der Waals surface area (Å²) in [7, 11) is 0. The van der Waals surface area contributed by atoms with Crippen LogP contribution >= 0.6 is 0 Å². The van der Waals surface area contributed by atoms with Crippen molar-refractivity contribution in [1.82, 2.24) is 5.32 Å². The number of hydrogen-bond acceptors (Lipinski definition) is 4. The van der Waals surface area contributed by atoms with Gasteiger partial charge in [-0.2, -0.15) is 0 Å². The Kier molecular flexibility index (Phi) is 3.44. The Bertz CT molecular complexity index is 523. The van der Waals surface area contributed by atoms with E-state index in [9.17, 15) is 4.79 Å². The zero-order valence-electron chi connectivity index (χ0n) is 11.5. The molecule has 0 aromatic heterocycles. The van der Waals surface area contributed by atoms with Crippen LogP contribution in [0, 0.1) is 5.41 Å². The van der Waals surface area contributed by atoms with Gasteiger partial charge in [-0.15, -0.1) is 0 Å². The second-order valence-electron chi connectivity index (χ2n) is 5.72. The molecule has 20 heavy (non-hydrogen) atoms. The molecule has 1 amide bonds. The number of amides is 1. The molecular weight excluding hydrogens is 256 g/mol. The van der Waals surface area contributed by atoms with Crippen LogP contribution in [0.1, 0.15) is 18.9 Å². The van der Waals surface area contributed by atoms with Gasteiger partial charge in [-0.25, -0.2) is 0 Å². The second-order valence-corrected chi connectivity index (χ2v) is 5.72. The van der Waals surface area contributed by atoms with Crippen LogP contribution in [0.25, 0.3) is 0 Å². The number of nitrogens with one attached hydrogen (secondary N) is 1. The van der Waals surface area contributed by atoms with Crippen molar-refractivity contribution in [1.29, 1.82) is 0 Å². The van der Waals surface area contributed by atoms with Gasteiger partial charge in [0.2, 0.25) is 6.10 Å². The molecule has 0 spiro atoms. The highest BCUT2D eigenvalue weighted by Gasteiger charge is 2.35. The molecule has 2 aliphatic rings. The number of oxime groups is 1. The minimum atomic E-state index is -0.519. The van der Waals surface area contributed by atoms with Gasteiger partial charge in [-0.3, -0.25) is 4.79 Å². The summed E-state index contributed by atoms with van der Waals surface area (Å²) in [5.41, 5.74) is 1.89. The number of carbonyl (C=O) groups is 1. The molecule has 1 atom stereocenters. The summed E-state index contributed by atoms with van der Waals surface area (Å²) in [6, 6.07) is 9.78. The van der Waals surface area contributed by atoms with E-state index in [1.165, 1.54) is 0 Å². The molecule has 0 radical (unpaired) electrons. The highest BCUT2D eigenvalue weighted by atomic mass is 16.6. The molecule has 0 bridgehead atoms. The normalized spacial score (nSPS) is 23.4. The topological polar surface area (TPSA) is 59.9 Å². The molecule has 5 nitrogen and oxygen atoms in total. The molecular formula is C15H18N2O3. The number of ether oxygens (including phenoxy) is 1.